The van der Waals surface area contributed by atoms with Gasteiger partial charge in [0.05, 0.1) is 18.3 Å². The third kappa shape index (κ3) is 5.12. The van der Waals surface area contributed by atoms with Crippen LogP contribution in [-0.4, -0.2) is 31.1 Å². The second kappa shape index (κ2) is 10.1. The summed E-state index contributed by atoms with van der Waals surface area (Å²) in [5.74, 6) is 1.05. The van der Waals surface area contributed by atoms with Crippen molar-refractivity contribution in [3.05, 3.63) is 54.1 Å². The fraction of sp³-hybridized carbons (Fsp3) is 0.417. The van der Waals surface area contributed by atoms with E-state index in [4.69, 9.17) is 9.47 Å². The number of ether oxygens (including phenoxy) is 2. The first kappa shape index (κ1) is 21.7. The third-order valence-corrected chi connectivity index (χ3v) is 5.16. The molecule has 0 aliphatic carbocycles. The number of unbranched alkanes of at least 4 members (excludes halogenated alkanes) is 1. The van der Waals surface area contributed by atoms with Gasteiger partial charge in [-0.25, -0.2) is 0 Å². The number of hydrogen-bond acceptors (Lipinski definition) is 4. The van der Waals surface area contributed by atoms with E-state index < -0.39 is 6.10 Å². The Morgan fingerprint density at radius 2 is 1.90 bits per heavy atom. The van der Waals surface area contributed by atoms with Crippen molar-refractivity contribution in [2.75, 3.05) is 18.1 Å². The fourth-order valence-electron chi connectivity index (χ4n) is 3.40. The molecule has 1 heterocycles. The Kier molecular flexibility index (Phi) is 7.33. The van der Waals surface area contributed by atoms with Gasteiger partial charge in [-0.15, -0.1) is 0 Å². The van der Waals surface area contributed by atoms with Gasteiger partial charge < -0.3 is 14.8 Å². The van der Waals surface area contributed by atoms with Crippen LogP contribution in [0.15, 0.2) is 48.5 Å². The average Bonchev–Trinajstić information content (AvgIpc) is 2.76. The Hall–Kier alpha value is -3.02. The summed E-state index contributed by atoms with van der Waals surface area (Å²) >= 11 is 0. The number of fused-ring (bicyclic) bond motifs is 1. The van der Waals surface area contributed by atoms with Crippen LogP contribution in [0.5, 0.6) is 11.5 Å². The maximum Gasteiger partial charge on any atom is 0.268 e. The molecule has 0 bridgehead atoms. The van der Waals surface area contributed by atoms with Crippen molar-refractivity contribution in [3.63, 3.8) is 0 Å². The predicted molar refractivity (Wildman–Crippen MR) is 117 cm³/mol. The lowest BCUT2D eigenvalue weighted by Gasteiger charge is -2.33. The van der Waals surface area contributed by atoms with E-state index in [0.29, 0.717) is 24.5 Å². The highest BCUT2D eigenvalue weighted by molar-refractivity contribution is 6.03. The summed E-state index contributed by atoms with van der Waals surface area (Å²) in [4.78, 5) is 27.0. The predicted octanol–water partition coefficient (Wildman–Crippen LogP) is 4.25. The van der Waals surface area contributed by atoms with Crippen LogP contribution in [0, 0.1) is 0 Å². The number of carbonyl (C=O) groups is 2. The zero-order valence-electron chi connectivity index (χ0n) is 17.9. The molecule has 1 aliphatic heterocycles. The largest absolute Gasteiger partial charge is 0.494 e. The van der Waals surface area contributed by atoms with Gasteiger partial charge in [0.1, 0.15) is 18.0 Å². The van der Waals surface area contributed by atoms with Crippen LogP contribution in [0.25, 0.3) is 0 Å². The Morgan fingerprint density at radius 3 is 2.60 bits per heavy atom. The minimum Gasteiger partial charge on any atom is -0.494 e. The molecule has 2 atom stereocenters. The monoisotopic (exact) mass is 410 g/mol. The number of anilines is 1. The zero-order chi connectivity index (χ0) is 21.5. The minimum atomic E-state index is -0.564. The quantitative estimate of drug-likeness (QED) is 0.628. The standard InChI is InChI=1S/C24H30N2O4/c1-4-6-15-29-19-13-11-18(12-14-19)17(3)25-23(27)16-26-20-9-7-8-10-22(20)30-21(5-2)24(26)28/h7-14,17,21H,4-6,15-16H2,1-3H3,(H,25,27)/t17-,21+/m0/s1. The van der Waals surface area contributed by atoms with Gasteiger partial charge in [-0.2, -0.15) is 0 Å². The molecule has 0 unspecified atom stereocenters. The van der Waals surface area contributed by atoms with Gasteiger partial charge >= 0.3 is 0 Å². The van der Waals surface area contributed by atoms with Gasteiger partial charge in [-0.3, -0.25) is 14.5 Å². The summed E-state index contributed by atoms with van der Waals surface area (Å²) < 4.78 is 11.5. The smallest absolute Gasteiger partial charge is 0.268 e. The number of carbonyl (C=O) groups excluding carboxylic acids is 2. The molecular formula is C24H30N2O4. The molecule has 0 spiro atoms. The van der Waals surface area contributed by atoms with Gasteiger partial charge in [-0.1, -0.05) is 44.5 Å². The van der Waals surface area contributed by atoms with Crippen LogP contribution in [0.3, 0.4) is 0 Å². The highest BCUT2D eigenvalue weighted by Crippen LogP contribution is 2.34. The van der Waals surface area contributed by atoms with Crippen molar-refractivity contribution < 1.29 is 19.1 Å². The number of rotatable bonds is 9. The summed E-state index contributed by atoms with van der Waals surface area (Å²) in [5, 5.41) is 2.98. The molecule has 6 nitrogen and oxygen atoms in total. The van der Waals surface area contributed by atoms with E-state index in [2.05, 4.69) is 12.2 Å². The summed E-state index contributed by atoms with van der Waals surface area (Å²) in [6.07, 6.45) is 2.10. The molecular weight excluding hydrogens is 380 g/mol. The summed E-state index contributed by atoms with van der Waals surface area (Å²) in [7, 11) is 0. The van der Waals surface area contributed by atoms with Gasteiger partial charge in [0.2, 0.25) is 5.91 Å². The molecule has 0 radical (unpaired) electrons. The van der Waals surface area contributed by atoms with Crippen LogP contribution in [-0.2, 0) is 9.59 Å². The molecule has 6 heteroatoms. The number of amides is 2. The Morgan fingerprint density at radius 1 is 1.17 bits per heavy atom. The van der Waals surface area contributed by atoms with E-state index in [1.54, 1.807) is 6.07 Å². The molecule has 3 rings (SSSR count). The normalized spacial score (nSPS) is 16.4. The first-order valence-corrected chi connectivity index (χ1v) is 10.6. The molecule has 1 aliphatic rings. The van der Waals surface area contributed by atoms with Gasteiger partial charge in [0.25, 0.3) is 5.91 Å². The minimum absolute atomic E-state index is 0.0434. The lowest BCUT2D eigenvalue weighted by molar-refractivity contribution is -0.129. The van der Waals surface area contributed by atoms with Crippen molar-refractivity contribution in [1.29, 1.82) is 0 Å². The van der Waals surface area contributed by atoms with Crippen LogP contribution in [0.1, 0.15) is 51.6 Å². The summed E-state index contributed by atoms with van der Waals surface area (Å²) in [6, 6.07) is 14.9. The Bertz CT molecular complexity index is 866. The summed E-state index contributed by atoms with van der Waals surface area (Å²) in [5.41, 5.74) is 1.61. The van der Waals surface area contributed by atoms with Crippen LogP contribution >= 0.6 is 0 Å². The fourth-order valence-corrected chi connectivity index (χ4v) is 3.40. The highest BCUT2D eigenvalue weighted by Gasteiger charge is 2.34. The van der Waals surface area contributed by atoms with E-state index in [9.17, 15) is 9.59 Å². The third-order valence-electron chi connectivity index (χ3n) is 5.16. The van der Waals surface area contributed by atoms with E-state index in [1.165, 1.54) is 4.90 Å². The number of benzene rings is 2. The van der Waals surface area contributed by atoms with Gasteiger partial charge in [0, 0.05) is 0 Å². The maximum atomic E-state index is 12.8. The van der Waals surface area contributed by atoms with Crippen molar-refractivity contribution in [1.82, 2.24) is 5.32 Å². The molecule has 30 heavy (non-hydrogen) atoms. The molecule has 2 aromatic carbocycles. The zero-order valence-corrected chi connectivity index (χ0v) is 17.9. The highest BCUT2D eigenvalue weighted by atomic mass is 16.5. The van der Waals surface area contributed by atoms with Crippen molar-refractivity contribution in [2.45, 2.75) is 52.2 Å². The SMILES string of the molecule is CCCCOc1ccc([C@H](C)NC(=O)CN2C(=O)[C@@H](CC)Oc3ccccc32)cc1. The molecule has 1 N–H and O–H groups in total. The van der Waals surface area contributed by atoms with Crippen molar-refractivity contribution in [2.24, 2.45) is 0 Å². The van der Waals surface area contributed by atoms with Crippen molar-refractivity contribution >= 4 is 17.5 Å². The lowest BCUT2D eigenvalue weighted by Crippen LogP contribution is -2.49. The molecule has 2 amide bonds. The van der Waals surface area contributed by atoms with Crippen LogP contribution < -0.4 is 19.7 Å². The lowest BCUT2D eigenvalue weighted by atomic mass is 10.1. The van der Waals surface area contributed by atoms with Crippen molar-refractivity contribution in [3.8, 4) is 11.5 Å². The van der Waals surface area contributed by atoms with Gasteiger partial charge in [-0.05, 0) is 49.6 Å². The topological polar surface area (TPSA) is 67.9 Å². The first-order chi connectivity index (χ1) is 14.5. The molecule has 0 aromatic heterocycles. The second-order valence-corrected chi connectivity index (χ2v) is 7.47. The molecule has 0 saturated heterocycles. The van der Waals surface area contributed by atoms with Crippen LogP contribution in [0.2, 0.25) is 0 Å². The number of para-hydroxylation sites is 2. The second-order valence-electron chi connectivity index (χ2n) is 7.47. The molecule has 0 fully saturated rings. The molecule has 2 aromatic rings. The number of nitrogens with one attached hydrogen (secondary N) is 1. The molecule has 160 valence electrons. The Labute approximate surface area is 178 Å². The van der Waals surface area contributed by atoms with E-state index in [1.807, 2.05) is 56.3 Å². The summed E-state index contributed by atoms with van der Waals surface area (Å²) in [6.45, 7) is 6.61. The number of hydrogen-bond donors (Lipinski definition) is 1. The Balaban J connectivity index is 1.62. The number of nitrogens with zero attached hydrogens (tertiary/aromatic N) is 1. The van der Waals surface area contributed by atoms with E-state index >= 15 is 0 Å². The molecule has 0 saturated carbocycles. The first-order valence-electron chi connectivity index (χ1n) is 10.6. The maximum absolute atomic E-state index is 12.8. The van der Waals surface area contributed by atoms with Gasteiger partial charge in [0.15, 0.2) is 6.10 Å². The average molecular weight is 411 g/mol. The van der Waals surface area contributed by atoms with Crippen LogP contribution in [0.4, 0.5) is 5.69 Å². The van der Waals surface area contributed by atoms with E-state index in [0.717, 1.165) is 24.2 Å². The van der Waals surface area contributed by atoms with E-state index in [-0.39, 0.29) is 24.4 Å².